The normalized spacial score (nSPS) is 21.5. The van der Waals surface area contributed by atoms with Gasteiger partial charge in [0.1, 0.15) is 0 Å². The summed E-state index contributed by atoms with van der Waals surface area (Å²) < 4.78 is 0. The number of benzene rings is 1. The Hall–Kier alpha value is -0.770. The van der Waals surface area contributed by atoms with Gasteiger partial charge in [0.2, 0.25) is 5.91 Å². The molecule has 2 unspecified atom stereocenters. The largest absolute Gasteiger partial charge is 0.355 e. The molecule has 0 radical (unpaired) electrons. The molecule has 0 saturated carbocycles. The maximum Gasteiger partial charge on any atom is 0.237 e. The summed E-state index contributed by atoms with van der Waals surface area (Å²) in [6.07, 6.45) is 1.87. The van der Waals surface area contributed by atoms with Gasteiger partial charge in [-0.15, -0.1) is 0 Å². The highest BCUT2D eigenvalue weighted by molar-refractivity contribution is 6.35. The molecule has 2 atom stereocenters. The number of hydrogen-bond acceptors (Lipinski definition) is 2. The lowest BCUT2D eigenvalue weighted by Gasteiger charge is -2.26. The first-order valence-electron chi connectivity index (χ1n) is 6.06. The average Bonchev–Trinajstić information content (AvgIpc) is 2.32. The molecule has 1 fully saturated rings. The van der Waals surface area contributed by atoms with Crippen LogP contribution in [0.3, 0.4) is 0 Å². The predicted molar refractivity (Wildman–Crippen MR) is 74.0 cm³/mol. The van der Waals surface area contributed by atoms with Crippen molar-refractivity contribution in [3.8, 4) is 0 Å². The van der Waals surface area contributed by atoms with Gasteiger partial charge < -0.3 is 5.32 Å². The molecule has 98 valence electrons. The Morgan fingerprint density at radius 3 is 2.89 bits per heavy atom. The first kappa shape index (κ1) is 13.7. The van der Waals surface area contributed by atoms with Gasteiger partial charge in [-0.05, 0) is 37.5 Å². The number of hydrogen-bond donors (Lipinski definition) is 2. The fourth-order valence-electron chi connectivity index (χ4n) is 2.18. The van der Waals surface area contributed by atoms with Crippen molar-refractivity contribution >= 4 is 29.1 Å². The molecule has 1 amide bonds. The van der Waals surface area contributed by atoms with Gasteiger partial charge in [-0.25, -0.2) is 0 Å². The Balaban J connectivity index is 2.06. The number of nitrogens with one attached hydrogen (secondary N) is 2. The van der Waals surface area contributed by atoms with E-state index in [0.717, 1.165) is 24.9 Å². The summed E-state index contributed by atoms with van der Waals surface area (Å²) in [7, 11) is 0. The summed E-state index contributed by atoms with van der Waals surface area (Å²) in [6.45, 7) is 2.77. The van der Waals surface area contributed by atoms with Crippen LogP contribution in [-0.2, 0) is 4.79 Å². The Morgan fingerprint density at radius 1 is 1.44 bits per heavy atom. The molecule has 2 N–H and O–H groups in total. The van der Waals surface area contributed by atoms with Gasteiger partial charge >= 0.3 is 0 Å². The standard InChI is InChI=1S/C13H16Cl2N2O/c1-8(10-5-4-9(14)7-11(10)15)17-12-3-2-6-16-13(12)18/h4-5,7-8,12,17H,2-3,6H2,1H3,(H,16,18). The van der Waals surface area contributed by atoms with E-state index in [-0.39, 0.29) is 18.0 Å². The fraction of sp³-hybridized carbons (Fsp3) is 0.462. The van der Waals surface area contributed by atoms with Gasteiger partial charge in [0.05, 0.1) is 6.04 Å². The lowest BCUT2D eigenvalue weighted by Crippen LogP contribution is -2.48. The zero-order chi connectivity index (χ0) is 13.1. The van der Waals surface area contributed by atoms with E-state index in [0.29, 0.717) is 10.0 Å². The van der Waals surface area contributed by atoms with Crippen molar-refractivity contribution in [2.75, 3.05) is 6.54 Å². The molecule has 0 aliphatic carbocycles. The van der Waals surface area contributed by atoms with E-state index in [1.165, 1.54) is 0 Å². The predicted octanol–water partition coefficient (Wildman–Crippen LogP) is 2.92. The molecule has 2 rings (SSSR count). The molecule has 5 heteroatoms. The maximum absolute atomic E-state index is 11.7. The van der Waals surface area contributed by atoms with Crippen molar-refractivity contribution in [1.82, 2.24) is 10.6 Å². The summed E-state index contributed by atoms with van der Waals surface area (Å²) in [5, 5.41) is 7.40. The number of amides is 1. The van der Waals surface area contributed by atoms with Crippen LogP contribution in [-0.4, -0.2) is 18.5 Å². The molecule has 18 heavy (non-hydrogen) atoms. The molecule has 1 aromatic rings. The minimum Gasteiger partial charge on any atom is -0.355 e. The van der Waals surface area contributed by atoms with Crippen LogP contribution in [0.5, 0.6) is 0 Å². The fourth-order valence-corrected chi connectivity index (χ4v) is 2.75. The summed E-state index contributed by atoms with van der Waals surface area (Å²) >= 11 is 12.0. The van der Waals surface area contributed by atoms with Crippen LogP contribution < -0.4 is 10.6 Å². The van der Waals surface area contributed by atoms with E-state index < -0.39 is 0 Å². The van der Waals surface area contributed by atoms with Crippen molar-refractivity contribution in [3.63, 3.8) is 0 Å². The van der Waals surface area contributed by atoms with Crippen molar-refractivity contribution in [2.24, 2.45) is 0 Å². The number of rotatable bonds is 3. The number of piperidine rings is 1. The molecule has 1 aliphatic heterocycles. The van der Waals surface area contributed by atoms with Crippen LogP contribution in [0.15, 0.2) is 18.2 Å². The van der Waals surface area contributed by atoms with Gasteiger partial charge in [-0.3, -0.25) is 10.1 Å². The zero-order valence-corrected chi connectivity index (χ0v) is 11.7. The molecule has 0 bridgehead atoms. The van der Waals surface area contributed by atoms with Crippen LogP contribution in [0, 0.1) is 0 Å². The SMILES string of the molecule is CC(NC1CCCNC1=O)c1ccc(Cl)cc1Cl. The van der Waals surface area contributed by atoms with Gasteiger partial charge in [-0.1, -0.05) is 29.3 Å². The lowest BCUT2D eigenvalue weighted by atomic mass is 10.0. The highest BCUT2D eigenvalue weighted by Crippen LogP contribution is 2.26. The molecule has 1 aromatic carbocycles. The summed E-state index contributed by atoms with van der Waals surface area (Å²) in [4.78, 5) is 11.7. The molecular weight excluding hydrogens is 271 g/mol. The number of carbonyl (C=O) groups is 1. The third-order valence-electron chi connectivity index (χ3n) is 3.17. The maximum atomic E-state index is 11.7. The van der Waals surface area contributed by atoms with Crippen molar-refractivity contribution < 1.29 is 4.79 Å². The molecule has 1 saturated heterocycles. The minimum atomic E-state index is -0.138. The van der Waals surface area contributed by atoms with E-state index in [1.807, 2.05) is 19.1 Å². The first-order valence-corrected chi connectivity index (χ1v) is 6.82. The second-order valence-electron chi connectivity index (χ2n) is 4.54. The molecule has 1 aliphatic rings. The summed E-state index contributed by atoms with van der Waals surface area (Å²) in [5.74, 6) is 0.0678. The summed E-state index contributed by atoms with van der Waals surface area (Å²) in [6, 6.07) is 5.30. The number of halogens is 2. The van der Waals surface area contributed by atoms with E-state index in [4.69, 9.17) is 23.2 Å². The molecular formula is C13H16Cl2N2O. The Kier molecular flexibility index (Phi) is 4.49. The highest BCUT2D eigenvalue weighted by Gasteiger charge is 2.24. The molecule has 0 aromatic heterocycles. The van der Waals surface area contributed by atoms with E-state index >= 15 is 0 Å². The van der Waals surface area contributed by atoms with E-state index in [1.54, 1.807) is 6.07 Å². The van der Waals surface area contributed by atoms with Gasteiger partial charge in [0.25, 0.3) is 0 Å². The van der Waals surface area contributed by atoms with Crippen molar-refractivity contribution in [1.29, 1.82) is 0 Å². The van der Waals surface area contributed by atoms with E-state index in [2.05, 4.69) is 10.6 Å². The minimum absolute atomic E-state index is 0.0172. The van der Waals surface area contributed by atoms with Crippen LogP contribution >= 0.6 is 23.2 Å². The quantitative estimate of drug-likeness (QED) is 0.897. The third kappa shape index (κ3) is 3.16. The Morgan fingerprint density at radius 2 is 2.22 bits per heavy atom. The lowest BCUT2D eigenvalue weighted by molar-refractivity contribution is -0.124. The second-order valence-corrected chi connectivity index (χ2v) is 5.38. The average molecular weight is 287 g/mol. The van der Waals surface area contributed by atoms with Crippen LogP contribution in [0.1, 0.15) is 31.4 Å². The van der Waals surface area contributed by atoms with Crippen molar-refractivity contribution in [2.45, 2.75) is 31.8 Å². The number of carbonyl (C=O) groups excluding carboxylic acids is 1. The highest BCUT2D eigenvalue weighted by atomic mass is 35.5. The molecule has 3 nitrogen and oxygen atoms in total. The van der Waals surface area contributed by atoms with Crippen LogP contribution in [0.4, 0.5) is 0 Å². The third-order valence-corrected chi connectivity index (χ3v) is 3.73. The second kappa shape index (κ2) is 5.91. The van der Waals surface area contributed by atoms with Crippen molar-refractivity contribution in [3.05, 3.63) is 33.8 Å². The molecule has 0 spiro atoms. The Bertz CT molecular complexity index is 451. The summed E-state index contributed by atoms with van der Waals surface area (Å²) in [5.41, 5.74) is 0.958. The topological polar surface area (TPSA) is 41.1 Å². The monoisotopic (exact) mass is 286 g/mol. The smallest absolute Gasteiger partial charge is 0.237 e. The Labute approximate surface area is 117 Å². The molecule has 1 heterocycles. The van der Waals surface area contributed by atoms with Crippen LogP contribution in [0.2, 0.25) is 10.0 Å². The first-order chi connectivity index (χ1) is 8.58. The zero-order valence-electron chi connectivity index (χ0n) is 10.2. The van der Waals surface area contributed by atoms with Gasteiger partial charge in [-0.2, -0.15) is 0 Å². The van der Waals surface area contributed by atoms with Crippen LogP contribution in [0.25, 0.3) is 0 Å². The van der Waals surface area contributed by atoms with E-state index in [9.17, 15) is 4.79 Å². The van der Waals surface area contributed by atoms with Gasteiger partial charge in [0.15, 0.2) is 0 Å². The van der Waals surface area contributed by atoms with Gasteiger partial charge in [0, 0.05) is 22.6 Å².